The average molecular weight is 340 g/mol. The summed E-state index contributed by atoms with van der Waals surface area (Å²) >= 11 is 0. The van der Waals surface area contributed by atoms with Crippen LogP contribution in [0, 0.1) is 0 Å². The van der Waals surface area contributed by atoms with Gasteiger partial charge in [-0.1, -0.05) is 30.3 Å². The Morgan fingerprint density at radius 2 is 1.87 bits per heavy atom. The molecule has 0 saturated carbocycles. The maximum atomic E-state index is 12.3. The standard InChI is InChI=1S/C15H20N2O5S/c1-23(21,22)14-12(11-5-3-2-4-6-11)17(15(20)13(14)19)9-7-16-8-10-18/h2-6,12,16,18-19H,7-10H2,1H3. The first kappa shape index (κ1) is 17.5. The van der Waals surface area contributed by atoms with Crippen LogP contribution in [0.1, 0.15) is 11.6 Å². The minimum Gasteiger partial charge on any atom is -0.502 e. The number of nitrogens with zero attached hydrogens (tertiary/aromatic N) is 1. The minimum atomic E-state index is -3.74. The quantitative estimate of drug-likeness (QED) is 0.602. The first-order valence-electron chi connectivity index (χ1n) is 7.18. The van der Waals surface area contributed by atoms with Gasteiger partial charge in [0.2, 0.25) is 0 Å². The van der Waals surface area contributed by atoms with Crippen LogP contribution in [0.3, 0.4) is 0 Å². The molecule has 1 heterocycles. The maximum Gasteiger partial charge on any atom is 0.290 e. The van der Waals surface area contributed by atoms with Crippen molar-refractivity contribution in [3.8, 4) is 0 Å². The van der Waals surface area contributed by atoms with Crippen molar-refractivity contribution >= 4 is 15.7 Å². The molecule has 7 nitrogen and oxygen atoms in total. The zero-order valence-corrected chi connectivity index (χ0v) is 13.6. The molecule has 2 rings (SSSR count). The van der Waals surface area contributed by atoms with Crippen molar-refractivity contribution in [1.29, 1.82) is 0 Å². The van der Waals surface area contributed by atoms with Gasteiger partial charge in [0.25, 0.3) is 5.91 Å². The molecule has 1 aromatic rings. The average Bonchev–Trinajstić information content (AvgIpc) is 2.77. The number of benzene rings is 1. The summed E-state index contributed by atoms with van der Waals surface area (Å²) in [4.78, 5) is 13.3. The number of rotatable bonds is 7. The van der Waals surface area contributed by atoms with Crippen molar-refractivity contribution in [3.05, 3.63) is 46.6 Å². The van der Waals surface area contributed by atoms with Crippen LogP contribution in [0.15, 0.2) is 41.0 Å². The molecule has 0 aromatic heterocycles. The monoisotopic (exact) mass is 340 g/mol. The number of carbonyl (C=O) groups is 1. The summed E-state index contributed by atoms with van der Waals surface area (Å²) in [6, 6.07) is 7.88. The van der Waals surface area contributed by atoms with E-state index >= 15 is 0 Å². The van der Waals surface area contributed by atoms with Crippen LogP contribution in [-0.2, 0) is 14.6 Å². The summed E-state index contributed by atoms with van der Waals surface area (Å²) in [5.74, 6) is -1.42. The third-order valence-corrected chi connectivity index (χ3v) is 4.81. The summed E-state index contributed by atoms with van der Waals surface area (Å²) in [5.41, 5.74) is 0.618. The van der Waals surface area contributed by atoms with E-state index in [1.165, 1.54) is 4.90 Å². The fourth-order valence-corrected chi connectivity index (χ4v) is 3.72. The van der Waals surface area contributed by atoms with Crippen LogP contribution in [0.2, 0.25) is 0 Å². The number of hydrogen-bond donors (Lipinski definition) is 3. The smallest absolute Gasteiger partial charge is 0.290 e. The van der Waals surface area contributed by atoms with Crippen molar-refractivity contribution in [2.45, 2.75) is 6.04 Å². The van der Waals surface area contributed by atoms with E-state index in [2.05, 4.69) is 5.32 Å². The number of sulfone groups is 1. The molecule has 1 unspecified atom stereocenters. The molecule has 3 N–H and O–H groups in total. The Kier molecular flexibility index (Phi) is 5.40. The lowest BCUT2D eigenvalue weighted by atomic mass is 10.1. The summed E-state index contributed by atoms with van der Waals surface area (Å²) in [7, 11) is -3.74. The maximum absolute atomic E-state index is 12.3. The Balaban J connectivity index is 2.37. The van der Waals surface area contributed by atoms with Crippen molar-refractivity contribution in [1.82, 2.24) is 10.2 Å². The molecule has 126 valence electrons. The number of nitrogens with one attached hydrogen (secondary N) is 1. The molecular weight excluding hydrogens is 320 g/mol. The van der Waals surface area contributed by atoms with Gasteiger partial charge >= 0.3 is 0 Å². The Morgan fingerprint density at radius 1 is 1.22 bits per heavy atom. The van der Waals surface area contributed by atoms with E-state index in [4.69, 9.17) is 5.11 Å². The van der Waals surface area contributed by atoms with Gasteiger partial charge in [0.1, 0.15) is 4.91 Å². The number of amides is 1. The van der Waals surface area contributed by atoms with Crippen molar-refractivity contribution < 1.29 is 23.4 Å². The van der Waals surface area contributed by atoms with Gasteiger partial charge in [0.15, 0.2) is 15.6 Å². The molecule has 0 spiro atoms. The second kappa shape index (κ2) is 7.12. The van der Waals surface area contributed by atoms with Crippen LogP contribution >= 0.6 is 0 Å². The third-order valence-electron chi connectivity index (χ3n) is 3.59. The normalized spacial score (nSPS) is 18.8. The fraction of sp³-hybridized carbons (Fsp3) is 0.400. The summed E-state index contributed by atoms with van der Waals surface area (Å²) < 4.78 is 24.1. The van der Waals surface area contributed by atoms with Crippen molar-refractivity contribution in [2.24, 2.45) is 0 Å². The van der Waals surface area contributed by atoms with E-state index in [-0.39, 0.29) is 18.1 Å². The van der Waals surface area contributed by atoms with Gasteiger partial charge in [0.05, 0.1) is 12.6 Å². The van der Waals surface area contributed by atoms with E-state index < -0.39 is 27.5 Å². The summed E-state index contributed by atoms with van der Waals surface area (Å²) in [6.07, 6.45) is 0.981. The predicted molar refractivity (Wildman–Crippen MR) is 85.4 cm³/mol. The van der Waals surface area contributed by atoms with E-state index in [9.17, 15) is 18.3 Å². The second-order valence-corrected chi connectivity index (χ2v) is 7.25. The zero-order chi connectivity index (χ0) is 17.0. The molecule has 0 bridgehead atoms. The highest BCUT2D eigenvalue weighted by atomic mass is 32.2. The molecule has 1 aliphatic rings. The molecule has 1 aromatic carbocycles. The predicted octanol–water partition coefficient (Wildman–Crippen LogP) is -0.0340. The van der Waals surface area contributed by atoms with Gasteiger partial charge in [-0.25, -0.2) is 8.42 Å². The first-order chi connectivity index (χ1) is 10.9. The molecule has 0 radical (unpaired) electrons. The van der Waals surface area contributed by atoms with Gasteiger partial charge in [-0.2, -0.15) is 0 Å². The topological polar surface area (TPSA) is 107 Å². The lowest BCUT2D eigenvalue weighted by Gasteiger charge is -2.26. The van der Waals surface area contributed by atoms with Crippen LogP contribution < -0.4 is 5.32 Å². The molecule has 0 saturated heterocycles. The molecule has 0 aliphatic carbocycles. The molecule has 0 fully saturated rings. The van der Waals surface area contributed by atoms with E-state index in [0.29, 0.717) is 18.7 Å². The molecule has 8 heteroatoms. The molecule has 1 atom stereocenters. The Hall–Kier alpha value is -1.90. The fourth-order valence-electron chi connectivity index (χ4n) is 2.61. The third kappa shape index (κ3) is 3.72. The van der Waals surface area contributed by atoms with Crippen LogP contribution in [0.25, 0.3) is 0 Å². The van der Waals surface area contributed by atoms with E-state index in [1.807, 2.05) is 0 Å². The lowest BCUT2D eigenvalue weighted by Crippen LogP contribution is -2.37. The number of hydrogen-bond acceptors (Lipinski definition) is 6. The largest absolute Gasteiger partial charge is 0.502 e. The van der Waals surface area contributed by atoms with E-state index in [0.717, 1.165) is 6.26 Å². The highest BCUT2D eigenvalue weighted by Gasteiger charge is 2.44. The Labute approximate surface area is 135 Å². The van der Waals surface area contributed by atoms with Gasteiger partial charge in [-0.3, -0.25) is 4.79 Å². The Bertz CT molecular complexity index is 700. The minimum absolute atomic E-state index is 0.0336. The highest BCUT2D eigenvalue weighted by molar-refractivity contribution is 7.94. The SMILES string of the molecule is CS(=O)(=O)C1=C(O)C(=O)N(CCNCCO)C1c1ccccc1. The molecule has 1 aliphatic heterocycles. The molecule has 23 heavy (non-hydrogen) atoms. The molecular formula is C15H20N2O5S. The van der Waals surface area contributed by atoms with Gasteiger partial charge < -0.3 is 20.4 Å². The van der Waals surface area contributed by atoms with Crippen molar-refractivity contribution in [3.63, 3.8) is 0 Å². The van der Waals surface area contributed by atoms with Gasteiger partial charge in [-0.05, 0) is 5.56 Å². The highest BCUT2D eigenvalue weighted by Crippen LogP contribution is 2.39. The van der Waals surface area contributed by atoms with Crippen LogP contribution in [-0.4, -0.2) is 61.9 Å². The Morgan fingerprint density at radius 3 is 2.43 bits per heavy atom. The lowest BCUT2D eigenvalue weighted by molar-refractivity contribution is -0.129. The van der Waals surface area contributed by atoms with E-state index in [1.54, 1.807) is 30.3 Å². The number of carbonyl (C=O) groups excluding carboxylic acids is 1. The first-order valence-corrected chi connectivity index (χ1v) is 9.07. The summed E-state index contributed by atoms with van der Waals surface area (Å²) in [6.45, 7) is 0.923. The summed E-state index contributed by atoms with van der Waals surface area (Å²) in [5, 5.41) is 21.7. The van der Waals surface area contributed by atoms with Crippen LogP contribution in [0.4, 0.5) is 0 Å². The number of aliphatic hydroxyl groups is 2. The number of aliphatic hydroxyl groups excluding tert-OH is 2. The van der Waals surface area contributed by atoms with Gasteiger partial charge in [-0.15, -0.1) is 0 Å². The van der Waals surface area contributed by atoms with Crippen molar-refractivity contribution in [2.75, 3.05) is 32.5 Å². The van der Waals surface area contributed by atoms with Crippen LogP contribution in [0.5, 0.6) is 0 Å². The van der Waals surface area contributed by atoms with Gasteiger partial charge in [0, 0.05) is 25.9 Å². The zero-order valence-electron chi connectivity index (χ0n) is 12.8. The molecule has 1 amide bonds. The second-order valence-electron chi connectivity index (χ2n) is 5.27.